The van der Waals surface area contributed by atoms with E-state index in [0.29, 0.717) is 0 Å². The minimum Gasteiger partial charge on any atom is -0.466 e. The van der Waals surface area contributed by atoms with Gasteiger partial charge in [-0.2, -0.15) is 0 Å². The van der Waals surface area contributed by atoms with E-state index < -0.39 is 11.9 Å². The van der Waals surface area contributed by atoms with E-state index in [2.05, 4.69) is 4.74 Å². The molecular weight excluding hydrogens is 208 g/mol. The van der Waals surface area contributed by atoms with Crippen LogP contribution in [0, 0.1) is 11.8 Å². The molecule has 0 aromatic carbocycles. The molecule has 4 nitrogen and oxygen atoms in total. The third-order valence-electron chi connectivity index (χ3n) is 2.18. The van der Waals surface area contributed by atoms with Crippen molar-refractivity contribution in [1.29, 1.82) is 0 Å². The van der Waals surface area contributed by atoms with Crippen molar-refractivity contribution in [1.82, 2.24) is 0 Å². The fourth-order valence-corrected chi connectivity index (χ4v) is 1.57. The Morgan fingerprint density at radius 2 is 1.50 bits per heavy atom. The number of carbonyl (C=O) groups excluding carboxylic acids is 2. The lowest BCUT2D eigenvalue weighted by Gasteiger charge is -2.24. The number of hydrogen-bond donors (Lipinski definition) is 0. The molecule has 0 aliphatic heterocycles. The second kappa shape index (κ2) is 7.25. The first kappa shape index (κ1) is 14.9. The average molecular weight is 230 g/mol. The van der Waals surface area contributed by atoms with E-state index in [9.17, 15) is 9.59 Å². The quantitative estimate of drug-likeness (QED) is 0.518. The van der Waals surface area contributed by atoms with Crippen molar-refractivity contribution in [3.05, 3.63) is 0 Å². The average Bonchev–Trinajstić information content (AvgIpc) is 2.13. The van der Waals surface area contributed by atoms with E-state index in [1.54, 1.807) is 6.92 Å². The van der Waals surface area contributed by atoms with Crippen molar-refractivity contribution in [3.63, 3.8) is 0 Å². The van der Waals surface area contributed by atoms with E-state index in [1.165, 1.54) is 0 Å². The molecule has 0 spiro atoms. The van der Waals surface area contributed by atoms with Gasteiger partial charge in [0, 0.05) is 0 Å². The van der Waals surface area contributed by atoms with Crippen LogP contribution in [0.1, 0.15) is 41.0 Å². The van der Waals surface area contributed by atoms with Gasteiger partial charge in [0.15, 0.2) is 0 Å². The Labute approximate surface area is 97.3 Å². The lowest BCUT2D eigenvalue weighted by atomic mass is 9.96. The van der Waals surface area contributed by atoms with Crippen LogP contribution in [0.4, 0.5) is 0 Å². The predicted molar refractivity (Wildman–Crippen MR) is 60.8 cm³/mol. The first-order chi connectivity index (χ1) is 7.38. The first-order valence-electron chi connectivity index (χ1n) is 5.73. The predicted octanol–water partition coefficient (Wildman–Crippen LogP) is 2.16. The zero-order valence-corrected chi connectivity index (χ0v) is 10.8. The Morgan fingerprint density at radius 1 is 1.00 bits per heavy atom. The van der Waals surface area contributed by atoms with Gasteiger partial charge >= 0.3 is 11.9 Å². The fraction of sp³-hybridized carbons (Fsp3) is 0.833. The molecule has 0 aliphatic rings. The van der Waals surface area contributed by atoms with Gasteiger partial charge < -0.3 is 9.47 Å². The van der Waals surface area contributed by atoms with Crippen molar-refractivity contribution in [2.45, 2.75) is 47.1 Å². The molecule has 0 aromatic rings. The normalized spacial score (nSPS) is 11.0. The highest BCUT2D eigenvalue weighted by atomic mass is 16.6. The molecule has 4 heteroatoms. The monoisotopic (exact) mass is 230 g/mol. The van der Waals surface area contributed by atoms with Gasteiger partial charge in [-0.1, -0.05) is 27.7 Å². The van der Waals surface area contributed by atoms with E-state index >= 15 is 0 Å². The van der Waals surface area contributed by atoms with Crippen LogP contribution in [0.15, 0.2) is 0 Å². The van der Waals surface area contributed by atoms with Crippen LogP contribution < -0.4 is 0 Å². The van der Waals surface area contributed by atoms with Gasteiger partial charge in [0.1, 0.15) is 12.5 Å². The molecule has 0 aliphatic carbocycles. The molecule has 0 saturated carbocycles. The molecule has 0 N–H and O–H groups in total. The van der Waals surface area contributed by atoms with Crippen LogP contribution in [-0.2, 0) is 19.1 Å². The van der Waals surface area contributed by atoms with Crippen molar-refractivity contribution in [2.24, 2.45) is 11.8 Å². The summed E-state index contributed by atoms with van der Waals surface area (Å²) >= 11 is 0. The van der Waals surface area contributed by atoms with Crippen LogP contribution in [0.2, 0.25) is 0 Å². The maximum Gasteiger partial charge on any atom is 0.317 e. The van der Waals surface area contributed by atoms with Crippen LogP contribution in [0.3, 0.4) is 0 Å². The van der Waals surface area contributed by atoms with Crippen LogP contribution in [-0.4, -0.2) is 24.6 Å². The summed E-state index contributed by atoms with van der Waals surface area (Å²) in [6.07, 6.45) is -0.453. The summed E-state index contributed by atoms with van der Waals surface area (Å²) in [5.41, 5.74) is 0. The fourth-order valence-electron chi connectivity index (χ4n) is 1.57. The summed E-state index contributed by atoms with van der Waals surface area (Å²) in [5, 5.41) is 0. The minimum absolute atomic E-state index is 0.151. The Hall–Kier alpha value is -1.06. The van der Waals surface area contributed by atoms with Gasteiger partial charge in [0.2, 0.25) is 0 Å². The van der Waals surface area contributed by atoms with Gasteiger partial charge in [-0.15, -0.1) is 0 Å². The van der Waals surface area contributed by atoms with Crippen LogP contribution >= 0.6 is 0 Å². The summed E-state index contributed by atoms with van der Waals surface area (Å²) in [6, 6.07) is 0. The lowest BCUT2D eigenvalue weighted by Crippen LogP contribution is -2.29. The number of ether oxygens (including phenoxy) is 2. The topological polar surface area (TPSA) is 52.6 Å². The van der Waals surface area contributed by atoms with Crippen molar-refractivity contribution >= 4 is 11.9 Å². The van der Waals surface area contributed by atoms with Gasteiger partial charge in [-0.3, -0.25) is 9.59 Å². The van der Waals surface area contributed by atoms with E-state index in [1.807, 2.05) is 27.7 Å². The molecule has 0 bridgehead atoms. The zero-order chi connectivity index (χ0) is 12.7. The summed E-state index contributed by atoms with van der Waals surface area (Å²) in [5.74, 6) is -0.554. The SMILES string of the molecule is CCOC(=O)CC(=O)OC(C(C)C)C(C)C. The van der Waals surface area contributed by atoms with Crippen molar-refractivity contribution in [2.75, 3.05) is 6.61 Å². The summed E-state index contributed by atoms with van der Waals surface area (Å²) in [4.78, 5) is 22.5. The second-order valence-electron chi connectivity index (χ2n) is 4.42. The van der Waals surface area contributed by atoms with Gasteiger partial charge in [0.05, 0.1) is 6.61 Å². The summed E-state index contributed by atoms with van der Waals surface area (Å²) in [7, 11) is 0. The molecule has 16 heavy (non-hydrogen) atoms. The molecule has 0 fully saturated rings. The number of carbonyl (C=O) groups is 2. The summed E-state index contributed by atoms with van der Waals surface area (Å²) < 4.78 is 9.93. The number of rotatable bonds is 6. The van der Waals surface area contributed by atoms with E-state index in [4.69, 9.17) is 4.74 Å². The van der Waals surface area contributed by atoms with Crippen LogP contribution in [0.5, 0.6) is 0 Å². The van der Waals surface area contributed by atoms with Crippen molar-refractivity contribution in [3.8, 4) is 0 Å². The van der Waals surface area contributed by atoms with Gasteiger partial charge in [0.25, 0.3) is 0 Å². The highest BCUT2D eigenvalue weighted by Gasteiger charge is 2.23. The van der Waals surface area contributed by atoms with Crippen LogP contribution in [0.25, 0.3) is 0 Å². The Bertz CT molecular complexity index is 225. The van der Waals surface area contributed by atoms with E-state index in [0.717, 1.165) is 0 Å². The molecule has 0 saturated heterocycles. The Morgan fingerprint density at radius 3 is 1.88 bits per heavy atom. The third kappa shape index (κ3) is 5.73. The largest absolute Gasteiger partial charge is 0.466 e. The highest BCUT2D eigenvalue weighted by Crippen LogP contribution is 2.16. The lowest BCUT2D eigenvalue weighted by molar-refractivity contribution is -0.160. The molecule has 94 valence electrons. The van der Waals surface area contributed by atoms with Crippen molar-refractivity contribution < 1.29 is 19.1 Å². The van der Waals surface area contributed by atoms with E-state index in [-0.39, 0.29) is 31.0 Å². The van der Waals surface area contributed by atoms with Gasteiger partial charge in [-0.05, 0) is 18.8 Å². The maximum absolute atomic E-state index is 11.4. The summed E-state index contributed by atoms with van der Waals surface area (Å²) in [6.45, 7) is 9.94. The third-order valence-corrected chi connectivity index (χ3v) is 2.18. The molecule has 0 radical (unpaired) electrons. The molecule has 0 rings (SSSR count). The number of hydrogen-bond acceptors (Lipinski definition) is 4. The smallest absolute Gasteiger partial charge is 0.317 e. The molecule has 0 heterocycles. The highest BCUT2D eigenvalue weighted by molar-refractivity contribution is 5.91. The molecule has 0 amide bonds. The Balaban J connectivity index is 4.15. The molecule has 0 atom stereocenters. The molecule has 0 aromatic heterocycles. The minimum atomic E-state index is -0.529. The Kier molecular flexibility index (Phi) is 6.77. The molecular formula is C12H22O4. The standard InChI is InChI=1S/C12H22O4/c1-6-15-10(13)7-11(14)16-12(8(2)3)9(4)5/h8-9,12H,6-7H2,1-5H3. The maximum atomic E-state index is 11.4. The number of esters is 2. The zero-order valence-electron chi connectivity index (χ0n) is 10.8. The molecule has 0 unspecified atom stereocenters. The second-order valence-corrected chi connectivity index (χ2v) is 4.42. The van der Waals surface area contributed by atoms with Gasteiger partial charge in [-0.25, -0.2) is 0 Å². The first-order valence-corrected chi connectivity index (χ1v) is 5.73.